The van der Waals surface area contributed by atoms with Gasteiger partial charge in [0.1, 0.15) is 11.5 Å². The van der Waals surface area contributed by atoms with Crippen LogP contribution in [0, 0.1) is 6.92 Å². The van der Waals surface area contributed by atoms with Crippen LogP contribution in [0.4, 0.5) is 0 Å². The van der Waals surface area contributed by atoms with Gasteiger partial charge in [-0.3, -0.25) is 4.79 Å². The molecule has 1 amide bonds. The van der Waals surface area contributed by atoms with Gasteiger partial charge in [0.15, 0.2) is 0 Å². The molecule has 0 unspecified atom stereocenters. The molecular weight excluding hydrogens is 302 g/mol. The molecule has 1 atom stereocenters. The van der Waals surface area contributed by atoms with Gasteiger partial charge in [0.2, 0.25) is 5.91 Å². The Labute approximate surface area is 143 Å². The van der Waals surface area contributed by atoms with E-state index >= 15 is 0 Å². The van der Waals surface area contributed by atoms with Crippen molar-refractivity contribution in [2.24, 2.45) is 0 Å². The summed E-state index contributed by atoms with van der Waals surface area (Å²) in [5, 5.41) is 3.11. The van der Waals surface area contributed by atoms with Crippen molar-refractivity contribution in [1.29, 1.82) is 0 Å². The summed E-state index contributed by atoms with van der Waals surface area (Å²) in [6.07, 6.45) is 1.19. The first kappa shape index (κ1) is 17.9. The minimum atomic E-state index is 0.00255. The standard InChI is InChI=1S/C20H25NO3/c1-5-18(16-7-9-17(23-3)10-8-16)21-20(22)13-15-6-11-19(24-4)14(2)12-15/h6-12,18H,5,13H2,1-4H3,(H,21,22)/t18-/m1/s1. The van der Waals surface area contributed by atoms with Gasteiger partial charge in [-0.05, 0) is 48.2 Å². The Hall–Kier alpha value is -2.49. The number of carbonyl (C=O) groups excluding carboxylic acids is 1. The molecule has 128 valence electrons. The number of benzene rings is 2. The van der Waals surface area contributed by atoms with Crippen LogP contribution in [-0.2, 0) is 11.2 Å². The zero-order valence-corrected chi connectivity index (χ0v) is 14.8. The fraction of sp³-hybridized carbons (Fsp3) is 0.350. The van der Waals surface area contributed by atoms with Crippen LogP contribution < -0.4 is 14.8 Å². The number of ether oxygens (including phenoxy) is 2. The maximum Gasteiger partial charge on any atom is 0.224 e. The first-order chi connectivity index (χ1) is 11.6. The van der Waals surface area contributed by atoms with Gasteiger partial charge in [0.25, 0.3) is 0 Å². The third kappa shape index (κ3) is 4.51. The number of hydrogen-bond acceptors (Lipinski definition) is 3. The SMILES string of the molecule is CC[C@@H](NC(=O)Cc1ccc(OC)c(C)c1)c1ccc(OC)cc1. The van der Waals surface area contributed by atoms with E-state index in [4.69, 9.17) is 9.47 Å². The third-order valence-electron chi connectivity index (χ3n) is 4.09. The van der Waals surface area contributed by atoms with Gasteiger partial charge in [0, 0.05) is 0 Å². The van der Waals surface area contributed by atoms with Crippen molar-refractivity contribution in [3.8, 4) is 11.5 Å². The number of hydrogen-bond donors (Lipinski definition) is 1. The predicted octanol–water partition coefficient (Wildman–Crippen LogP) is 3.82. The Morgan fingerprint density at radius 2 is 1.79 bits per heavy atom. The topological polar surface area (TPSA) is 47.6 Å². The Bertz CT molecular complexity index is 680. The highest BCUT2D eigenvalue weighted by molar-refractivity contribution is 5.79. The number of carbonyl (C=O) groups is 1. The fourth-order valence-electron chi connectivity index (χ4n) is 2.74. The minimum Gasteiger partial charge on any atom is -0.497 e. The van der Waals surface area contributed by atoms with Gasteiger partial charge in [-0.25, -0.2) is 0 Å². The highest BCUT2D eigenvalue weighted by Gasteiger charge is 2.13. The molecule has 2 rings (SSSR count). The van der Waals surface area contributed by atoms with Gasteiger partial charge < -0.3 is 14.8 Å². The fourth-order valence-corrected chi connectivity index (χ4v) is 2.74. The number of aryl methyl sites for hydroxylation is 1. The molecule has 2 aromatic rings. The van der Waals surface area contributed by atoms with Crippen LogP contribution in [-0.4, -0.2) is 20.1 Å². The summed E-state index contributed by atoms with van der Waals surface area (Å²) in [6.45, 7) is 4.04. The van der Waals surface area contributed by atoms with Crippen molar-refractivity contribution >= 4 is 5.91 Å². The minimum absolute atomic E-state index is 0.00255. The zero-order valence-electron chi connectivity index (χ0n) is 14.8. The summed E-state index contributed by atoms with van der Waals surface area (Å²) in [4.78, 5) is 12.4. The van der Waals surface area contributed by atoms with E-state index in [1.54, 1.807) is 14.2 Å². The van der Waals surface area contributed by atoms with Crippen molar-refractivity contribution in [3.63, 3.8) is 0 Å². The van der Waals surface area contributed by atoms with E-state index in [0.29, 0.717) is 6.42 Å². The summed E-state index contributed by atoms with van der Waals surface area (Å²) in [5.41, 5.74) is 3.10. The molecular formula is C20H25NO3. The van der Waals surface area contributed by atoms with Crippen molar-refractivity contribution in [1.82, 2.24) is 5.32 Å². The molecule has 24 heavy (non-hydrogen) atoms. The lowest BCUT2D eigenvalue weighted by atomic mass is 10.0. The molecule has 0 fully saturated rings. The molecule has 0 saturated carbocycles. The van der Waals surface area contributed by atoms with E-state index in [2.05, 4.69) is 12.2 Å². The summed E-state index contributed by atoms with van der Waals surface area (Å²) in [7, 11) is 3.29. The normalized spacial score (nSPS) is 11.7. The molecule has 0 aliphatic rings. The number of amides is 1. The molecule has 0 aromatic heterocycles. The molecule has 0 saturated heterocycles. The van der Waals surface area contributed by atoms with Gasteiger partial charge in [-0.15, -0.1) is 0 Å². The molecule has 0 radical (unpaired) electrons. The highest BCUT2D eigenvalue weighted by atomic mass is 16.5. The molecule has 2 aromatic carbocycles. The van der Waals surface area contributed by atoms with Crippen LogP contribution in [0.2, 0.25) is 0 Å². The smallest absolute Gasteiger partial charge is 0.224 e. The number of rotatable bonds is 7. The lowest BCUT2D eigenvalue weighted by Gasteiger charge is -2.18. The summed E-state index contributed by atoms with van der Waals surface area (Å²) in [6, 6.07) is 13.6. The molecule has 4 heteroatoms. The summed E-state index contributed by atoms with van der Waals surface area (Å²) in [5.74, 6) is 1.67. The van der Waals surface area contributed by atoms with E-state index in [-0.39, 0.29) is 11.9 Å². The molecule has 0 bridgehead atoms. The van der Waals surface area contributed by atoms with Crippen molar-refractivity contribution in [2.75, 3.05) is 14.2 Å². The Kier molecular flexibility index (Phi) is 6.24. The monoisotopic (exact) mass is 327 g/mol. The van der Waals surface area contributed by atoms with Gasteiger partial charge in [0.05, 0.1) is 26.7 Å². The van der Waals surface area contributed by atoms with Crippen molar-refractivity contribution in [2.45, 2.75) is 32.7 Å². The summed E-state index contributed by atoms with van der Waals surface area (Å²) >= 11 is 0. The van der Waals surface area contributed by atoms with Crippen LogP contribution in [0.25, 0.3) is 0 Å². The Morgan fingerprint density at radius 3 is 2.33 bits per heavy atom. The molecule has 0 spiro atoms. The lowest BCUT2D eigenvalue weighted by molar-refractivity contribution is -0.121. The molecule has 1 N–H and O–H groups in total. The molecule has 0 aliphatic carbocycles. The Balaban J connectivity index is 2.02. The number of nitrogens with one attached hydrogen (secondary N) is 1. The molecule has 0 aliphatic heterocycles. The van der Waals surface area contributed by atoms with Gasteiger partial charge in [-0.1, -0.05) is 31.2 Å². The van der Waals surface area contributed by atoms with E-state index in [1.165, 1.54) is 0 Å². The summed E-state index contributed by atoms with van der Waals surface area (Å²) < 4.78 is 10.4. The second-order valence-corrected chi connectivity index (χ2v) is 5.78. The maximum absolute atomic E-state index is 12.4. The number of methoxy groups -OCH3 is 2. The molecule has 0 heterocycles. The van der Waals surface area contributed by atoms with Crippen LogP contribution in [0.5, 0.6) is 11.5 Å². The largest absolute Gasteiger partial charge is 0.497 e. The first-order valence-corrected chi connectivity index (χ1v) is 8.14. The van der Waals surface area contributed by atoms with Crippen molar-refractivity contribution < 1.29 is 14.3 Å². The van der Waals surface area contributed by atoms with E-state index in [0.717, 1.165) is 34.6 Å². The van der Waals surface area contributed by atoms with E-state index < -0.39 is 0 Å². The zero-order chi connectivity index (χ0) is 17.5. The van der Waals surface area contributed by atoms with Crippen molar-refractivity contribution in [3.05, 3.63) is 59.2 Å². The van der Waals surface area contributed by atoms with Gasteiger partial charge in [-0.2, -0.15) is 0 Å². The molecule has 4 nitrogen and oxygen atoms in total. The van der Waals surface area contributed by atoms with Gasteiger partial charge >= 0.3 is 0 Å². The van der Waals surface area contributed by atoms with E-state index in [1.807, 2.05) is 49.4 Å². The quantitative estimate of drug-likeness (QED) is 0.841. The Morgan fingerprint density at radius 1 is 1.08 bits per heavy atom. The highest BCUT2D eigenvalue weighted by Crippen LogP contribution is 2.21. The maximum atomic E-state index is 12.4. The van der Waals surface area contributed by atoms with E-state index in [9.17, 15) is 4.79 Å². The second kappa shape index (κ2) is 8.39. The third-order valence-corrected chi connectivity index (χ3v) is 4.09. The average molecular weight is 327 g/mol. The van der Waals surface area contributed by atoms with Crippen LogP contribution >= 0.6 is 0 Å². The van der Waals surface area contributed by atoms with Crippen LogP contribution in [0.15, 0.2) is 42.5 Å². The van der Waals surface area contributed by atoms with Crippen LogP contribution in [0.1, 0.15) is 36.1 Å². The lowest BCUT2D eigenvalue weighted by Crippen LogP contribution is -2.29. The first-order valence-electron chi connectivity index (χ1n) is 8.14. The second-order valence-electron chi connectivity index (χ2n) is 5.78. The van der Waals surface area contributed by atoms with Crippen LogP contribution in [0.3, 0.4) is 0 Å². The average Bonchev–Trinajstić information content (AvgIpc) is 2.60. The predicted molar refractivity (Wildman–Crippen MR) is 95.6 cm³/mol.